The van der Waals surface area contributed by atoms with Crippen LogP contribution in [0.25, 0.3) is 0 Å². The molecule has 1 amide bonds. The van der Waals surface area contributed by atoms with E-state index in [9.17, 15) is 40.5 Å². The van der Waals surface area contributed by atoms with E-state index in [0.717, 1.165) is 38.5 Å². The van der Waals surface area contributed by atoms with Crippen molar-refractivity contribution in [2.45, 2.75) is 319 Å². The molecule has 1 rings (SSSR count). The molecular formula is C53H105NO10. The Kier molecular flexibility index (Phi) is 41.4. The highest BCUT2D eigenvalue weighted by atomic mass is 16.7. The Morgan fingerprint density at radius 3 is 1.16 bits per heavy atom. The number of unbranched alkanes of at least 4 members (excludes halogenated alkanes) is 35. The van der Waals surface area contributed by atoms with E-state index in [-0.39, 0.29) is 6.42 Å². The summed E-state index contributed by atoms with van der Waals surface area (Å²) >= 11 is 0. The summed E-state index contributed by atoms with van der Waals surface area (Å²) < 4.78 is 11.1. The smallest absolute Gasteiger partial charge is 0.249 e. The lowest BCUT2D eigenvalue weighted by Crippen LogP contribution is -2.60. The lowest BCUT2D eigenvalue weighted by atomic mass is 9.98. The molecular weight excluding hydrogens is 811 g/mol. The molecule has 1 aliphatic heterocycles. The van der Waals surface area contributed by atoms with Gasteiger partial charge in [-0.3, -0.25) is 4.79 Å². The first kappa shape index (κ1) is 61.1. The van der Waals surface area contributed by atoms with Crippen molar-refractivity contribution >= 4 is 5.91 Å². The molecule has 1 fully saturated rings. The molecule has 1 heterocycles. The molecule has 382 valence electrons. The highest BCUT2D eigenvalue weighted by molar-refractivity contribution is 5.80. The summed E-state index contributed by atoms with van der Waals surface area (Å²) in [5.74, 6) is -0.691. The van der Waals surface area contributed by atoms with Crippen LogP contribution < -0.4 is 5.32 Å². The maximum Gasteiger partial charge on any atom is 0.249 e. The predicted octanol–water partition coefficient (Wildman–Crippen LogP) is 10.6. The number of amides is 1. The zero-order valence-electron chi connectivity index (χ0n) is 41.5. The Morgan fingerprint density at radius 2 is 0.812 bits per heavy atom. The van der Waals surface area contributed by atoms with Gasteiger partial charge in [-0.2, -0.15) is 0 Å². The van der Waals surface area contributed by atoms with E-state index in [1.54, 1.807) is 0 Å². The average molecular weight is 916 g/mol. The second kappa shape index (κ2) is 43.4. The molecule has 0 aromatic rings. The van der Waals surface area contributed by atoms with Crippen molar-refractivity contribution in [3.05, 3.63) is 0 Å². The van der Waals surface area contributed by atoms with E-state index in [1.165, 1.54) is 186 Å². The number of hydrogen-bond donors (Lipinski definition) is 8. The normalized spacial score (nSPS) is 20.9. The first-order valence-electron chi connectivity index (χ1n) is 27.4. The number of aliphatic hydroxyl groups excluding tert-OH is 7. The van der Waals surface area contributed by atoms with Gasteiger partial charge in [0.25, 0.3) is 0 Å². The Labute approximate surface area is 392 Å². The number of nitrogens with one attached hydrogen (secondary N) is 1. The lowest BCUT2D eigenvalue weighted by Gasteiger charge is -2.40. The maximum atomic E-state index is 13.1. The fourth-order valence-electron chi connectivity index (χ4n) is 9.15. The number of hydrogen-bond acceptors (Lipinski definition) is 10. The summed E-state index contributed by atoms with van der Waals surface area (Å²) in [6.07, 6.45) is 35.8. The average Bonchev–Trinajstić information content (AvgIpc) is 3.29. The first-order valence-corrected chi connectivity index (χ1v) is 27.4. The minimum atomic E-state index is -1.66. The minimum absolute atomic E-state index is 0.267. The van der Waals surface area contributed by atoms with Crippen LogP contribution in [0.4, 0.5) is 0 Å². The Bertz CT molecular complexity index is 1010. The zero-order valence-corrected chi connectivity index (χ0v) is 41.5. The summed E-state index contributed by atoms with van der Waals surface area (Å²) in [6.45, 7) is 3.48. The summed E-state index contributed by atoms with van der Waals surface area (Å²) in [7, 11) is 0. The first-order chi connectivity index (χ1) is 31.2. The van der Waals surface area contributed by atoms with Crippen molar-refractivity contribution in [3.8, 4) is 0 Å². The van der Waals surface area contributed by atoms with E-state index in [1.807, 2.05) is 0 Å². The van der Waals surface area contributed by atoms with Crippen molar-refractivity contribution < 1.29 is 50.0 Å². The van der Waals surface area contributed by atoms with Crippen LogP contribution in [0.1, 0.15) is 264 Å². The van der Waals surface area contributed by atoms with E-state index in [4.69, 9.17) is 9.47 Å². The van der Waals surface area contributed by atoms with Crippen LogP contribution in [0.5, 0.6) is 0 Å². The van der Waals surface area contributed by atoms with Crippen LogP contribution in [-0.4, -0.2) is 110 Å². The molecule has 0 spiro atoms. The van der Waals surface area contributed by atoms with Crippen molar-refractivity contribution in [1.29, 1.82) is 0 Å². The van der Waals surface area contributed by atoms with Gasteiger partial charge in [0.2, 0.25) is 5.91 Å². The Hall–Kier alpha value is -0.890. The van der Waals surface area contributed by atoms with Gasteiger partial charge in [-0.25, -0.2) is 0 Å². The molecule has 64 heavy (non-hydrogen) atoms. The summed E-state index contributed by atoms with van der Waals surface area (Å²) in [5, 5.41) is 76.0. The molecule has 9 atom stereocenters. The molecule has 0 saturated carbocycles. The largest absolute Gasteiger partial charge is 0.394 e. The highest BCUT2D eigenvalue weighted by Gasteiger charge is 2.44. The lowest BCUT2D eigenvalue weighted by molar-refractivity contribution is -0.303. The standard InChI is InChI=1S/C53H105NO10/c1-3-5-7-9-11-13-15-17-19-20-21-22-23-24-25-27-29-31-33-35-37-39-41-46(57)52(62)54-44(43-63-53-51(61)50(60)49(59)47(42-55)64-53)48(58)45(56)40-38-36-34-32-30-28-26-18-16-14-12-10-8-6-4-2/h44-51,53,55-61H,3-43H2,1-2H3,(H,54,62). The molecule has 0 radical (unpaired) electrons. The van der Waals surface area contributed by atoms with Crippen LogP contribution >= 0.6 is 0 Å². The quantitative estimate of drug-likeness (QED) is 0.0273. The van der Waals surface area contributed by atoms with Gasteiger partial charge in [-0.1, -0.05) is 251 Å². The van der Waals surface area contributed by atoms with Gasteiger partial charge in [0.1, 0.15) is 36.6 Å². The molecule has 9 unspecified atom stereocenters. The van der Waals surface area contributed by atoms with E-state index < -0.39 is 74.2 Å². The molecule has 11 heteroatoms. The predicted molar refractivity (Wildman–Crippen MR) is 261 cm³/mol. The van der Waals surface area contributed by atoms with Gasteiger partial charge in [-0.05, 0) is 12.8 Å². The third kappa shape index (κ3) is 32.0. The molecule has 0 aromatic heterocycles. The van der Waals surface area contributed by atoms with Crippen LogP contribution in [-0.2, 0) is 14.3 Å². The van der Waals surface area contributed by atoms with Gasteiger partial charge in [-0.15, -0.1) is 0 Å². The highest BCUT2D eigenvalue weighted by Crippen LogP contribution is 2.23. The second-order valence-electron chi connectivity index (χ2n) is 19.7. The SMILES string of the molecule is CCCCCCCCCCCCCCCCCCCCCCCCC(O)C(=O)NC(COC1OC(CO)C(O)C(O)C1O)C(O)C(O)CCCCCCCCCCCCCCCCC. The van der Waals surface area contributed by atoms with Gasteiger partial charge in [0.05, 0.1) is 25.4 Å². The molecule has 0 aromatic carbocycles. The van der Waals surface area contributed by atoms with E-state index >= 15 is 0 Å². The Balaban J connectivity index is 2.32. The van der Waals surface area contributed by atoms with Crippen molar-refractivity contribution in [3.63, 3.8) is 0 Å². The summed E-state index contributed by atoms with van der Waals surface area (Å²) in [4.78, 5) is 13.1. The van der Waals surface area contributed by atoms with E-state index in [0.29, 0.717) is 19.3 Å². The third-order valence-electron chi connectivity index (χ3n) is 13.7. The van der Waals surface area contributed by atoms with Crippen LogP contribution in [0.15, 0.2) is 0 Å². The Morgan fingerprint density at radius 1 is 0.484 bits per heavy atom. The number of ether oxygens (including phenoxy) is 2. The van der Waals surface area contributed by atoms with Crippen LogP contribution in [0.3, 0.4) is 0 Å². The van der Waals surface area contributed by atoms with Crippen molar-refractivity contribution in [2.75, 3.05) is 13.2 Å². The molecule has 0 aliphatic carbocycles. The number of aliphatic hydroxyl groups is 7. The molecule has 11 nitrogen and oxygen atoms in total. The molecule has 8 N–H and O–H groups in total. The molecule has 0 bridgehead atoms. The van der Waals surface area contributed by atoms with Gasteiger partial charge in [0, 0.05) is 0 Å². The van der Waals surface area contributed by atoms with Crippen LogP contribution in [0, 0.1) is 0 Å². The van der Waals surface area contributed by atoms with Crippen molar-refractivity contribution in [2.24, 2.45) is 0 Å². The fourth-order valence-corrected chi connectivity index (χ4v) is 9.15. The fraction of sp³-hybridized carbons (Fsp3) is 0.981. The van der Waals surface area contributed by atoms with Crippen LogP contribution in [0.2, 0.25) is 0 Å². The summed E-state index contributed by atoms with van der Waals surface area (Å²) in [6, 6.07) is -1.16. The van der Waals surface area contributed by atoms with Gasteiger partial charge in [0.15, 0.2) is 6.29 Å². The van der Waals surface area contributed by atoms with Crippen molar-refractivity contribution in [1.82, 2.24) is 5.32 Å². The van der Waals surface area contributed by atoms with Gasteiger partial charge < -0.3 is 50.5 Å². The topological polar surface area (TPSA) is 189 Å². The number of carbonyl (C=O) groups is 1. The number of carbonyl (C=O) groups excluding carboxylic acids is 1. The second-order valence-corrected chi connectivity index (χ2v) is 19.7. The van der Waals surface area contributed by atoms with Gasteiger partial charge >= 0.3 is 0 Å². The zero-order chi connectivity index (χ0) is 46.9. The van der Waals surface area contributed by atoms with E-state index in [2.05, 4.69) is 19.2 Å². The molecule has 1 saturated heterocycles. The summed E-state index contributed by atoms with van der Waals surface area (Å²) in [5.41, 5.74) is 0. The molecule has 1 aliphatic rings. The monoisotopic (exact) mass is 916 g/mol. The minimum Gasteiger partial charge on any atom is -0.394 e. The number of rotatable bonds is 47. The third-order valence-corrected chi connectivity index (χ3v) is 13.7. The maximum absolute atomic E-state index is 13.1.